The maximum absolute atomic E-state index is 13.3. The lowest BCUT2D eigenvalue weighted by atomic mass is 10.1. The van der Waals surface area contributed by atoms with E-state index >= 15 is 0 Å². The van der Waals surface area contributed by atoms with E-state index in [-0.39, 0.29) is 18.3 Å². The minimum absolute atomic E-state index is 0.227. The second-order valence-corrected chi connectivity index (χ2v) is 7.51. The molecule has 6 heteroatoms. The highest BCUT2D eigenvalue weighted by atomic mass is 19.1. The average Bonchev–Trinajstić information content (AvgIpc) is 3.36. The molecule has 0 saturated heterocycles. The Kier molecular flexibility index (Phi) is 7.05. The van der Waals surface area contributed by atoms with Gasteiger partial charge in [0.1, 0.15) is 18.2 Å². The molecule has 0 unspecified atom stereocenters. The number of amides is 1. The van der Waals surface area contributed by atoms with E-state index < -0.39 is 0 Å². The van der Waals surface area contributed by atoms with Crippen LogP contribution in [-0.4, -0.2) is 17.9 Å². The minimum atomic E-state index is -0.389. The van der Waals surface area contributed by atoms with E-state index in [1.165, 1.54) is 24.3 Å². The maximum Gasteiger partial charge on any atom is 0.254 e. The number of hydrogen-bond acceptors (Lipinski definition) is 4. The molecular weight excluding hydrogens is 421 g/mol. The van der Waals surface area contributed by atoms with Crippen molar-refractivity contribution in [3.8, 4) is 11.5 Å². The summed E-state index contributed by atoms with van der Waals surface area (Å²) < 4.78 is 30.2. The van der Waals surface area contributed by atoms with Gasteiger partial charge in [0, 0.05) is 12.1 Å². The Morgan fingerprint density at radius 2 is 1.67 bits per heavy atom. The third-order valence-corrected chi connectivity index (χ3v) is 5.14. The van der Waals surface area contributed by atoms with E-state index in [0.29, 0.717) is 36.0 Å². The van der Waals surface area contributed by atoms with Crippen molar-refractivity contribution in [3.63, 3.8) is 0 Å². The van der Waals surface area contributed by atoms with E-state index in [1.807, 2.05) is 54.6 Å². The quantitative estimate of drug-likeness (QED) is 0.324. The highest BCUT2D eigenvalue weighted by Gasteiger charge is 2.19. The van der Waals surface area contributed by atoms with E-state index in [0.717, 1.165) is 11.1 Å². The third kappa shape index (κ3) is 5.80. The molecule has 168 valence electrons. The molecule has 0 spiro atoms. The minimum Gasteiger partial charge on any atom is -0.493 e. The summed E-state index contributed by atoms with van der Waals surface area (Å²) in [4.78, 5) is 14.8. The van der Waals surface area contributed by atoms with Crippen molar-refractivity contribution < 1.29 is 23.1 Å². The molecule has 5 nitrogen and oxygen atoms in total. The molecule has 0 aliphatic heterocycles. The van der Waals surface area contributed by atoms with Crippen LogP contribution in [0.25, 0.3) is 0 Å². The largest absolute Gasteiger partial charge is 0.493 e. The fourth-order valence-corrected chi connectivity index (χ4v) is 3.45. The van der Waals surface area contributed by atoms with Crippen molar-refractivity contribution in [3.05, 3.63) is 119 Å². The monoisotopic (exact) mass is 445 g/mol. The number of halogens is 1. The second kappa shape index (κ2) is 10.5. The van der Waals surface area contributed by atoms with Crippen molar-refractivity contribution in [2.75, 3.05) is 7.11 Å². The number of hydrogen-bond donors (Lipinski definition) is 0. The fraction of sp³-hybridized carbons (Fsp3) is 0.148. The van der Waals surface area contributed by atoms with Gasteiger partial charge in [0.15, 0.2) is 11.5 Å². The molecule has 4 rings (SSSR count). The van der Waals surface area contributed by atoms with Gasteiger partial charge in [-0.25, -0.2) is 4.39 Å². The first-order chi connectivity index (χ1) is 16.1. The fourth-order valence-electron chi connectivity index (χ4n) is 3.45. The molecule has 0 bridgehead atoms. The van der Waals surface area contributed by atoms with Crippen molar-refractivity contribution in [2.45, 2.75) is 19.7 Å². The number of benzene rings is 3. The first-order valence-corrected chi connectivity index (χ1v) is 10.5. The summed E-state index contributed by atoms with van der Waals surface area (Å²) in [6, 6.07) is 24.6. The highest BCUT2D eigenvalue weighted by molar-refractivity contribution is 5.94. The van der Waals surface area contributed by atoms with Gasteiger partial charge in [0.2, 0.25) is 0 Å². The van der Waals surface area contributed by atoms with E-state index in [9.17, 15) is 9.18 Å². The predicted molar refractivity (Wildman–Crippen MR) is 122 cm³/mol. The molecule has 0 aliphatic carbocycles. The molecule has 3 aromatic carbocycles. The SMILES string of the molecule is COc1cc(CN(Cc2ccco2)C(=O)c2ccc(F)cc2)ccc1OCc1ccccc1. The number of methoxy groups -OCH3 is 1. The standard InChI is InChI=1S/C27H24FNO4/c1-31-26-16-21(9-14-25(26)33-19-20-6-3-2-4-7-20)17-29(18-24-8-5-15-32-24)27(30)22-10-12-23(28)13-11-22/h2-16H,17-19H2,1H3. The van der Waals surface area contributed by atoms with Gasteiger partial charge in [0.05, 0.1) is 19.9 Å². The van der Waals surface area contributed by atoms with Crippen LogP contribution >= 0.6 is 0 Å². The predicted octanol–water partition coefficient (Wildman–Crippen LogP) is 5.85. The summed E-state index contributed by atoms with van der Waals surface area (Å²) in [6.07, 6.45) is 1.57. The van der Waals surface area contributed by atoms with Gasteiger partial charge in [-0.15, -0.1) is 0 Å². The number of rotatable bonds is 9. The zero-order valence-electron chi connectivity index (χ0n) is 18.2. The zero-order valence-corrected chi connectivity index (χ0v) is 18.2. The zero-order chi connectivity index (χ0) is 23.0. The van der Waals surface area contributed by atoms with Gasteiger partial charge in [0.25, 0.3) is 5.91 Å². The molecule has 1 amide bonds. The first kappa shape index (κ1) is 22.1. The van der Waals surface area contributed by atoms with Gasteiger partial charge in [-0.05, 0) is 59.7 Å². The van der Waals surface area contributed by atoms with Crippen LogP contribution in [-0.2, 0) is 19.7 Å². The number of carbonyl (C=O) groups is 1. The van der Waals surface area contributed by atoms with Crippen molar-refractivity contribution in [1.29, 1.82) is 0 Å². The van der Waals surface area contributed by atoms with Crippen LogP contribution in [0.3, 0.4) is 0 Å². The van der Waals surface area contributed by atoms with Gasteiger partial charge >= 0.3 is 0 Å². The summed E-state index contributed by atoms with van der Waals surface area (Å²) in [5.41, 5.74) is 2.32. The number of carbonyl (C=O) groups excluding carboxylic acids is 1. The summed E-state index contributed by atoms with van der Waals surface area (Å²) in [7, 11) is 1.58. The molecule has 0 aliphatic rings. The Labute approximate surface area is 192 Å². The number of nitrogens with zero attached hydrogens (tertiary/aromatic N) is 1. The average molecular weight is 445 g/mol. The van der Waals surface area contributed by atoms with Gasteiger partial charge in [-0.1, -0.05) is 36.4 Å². The summed E-state index contributed by atoms with van der Waals surface area (Å²) in [5.74, 6) is 1.23. The Balaban J connectivity index is 1.53. The van der Waals surface area contributed by atoms with Crippen molar-refractivity contribution in [2.24, 2.45) is 0 Å². The maximum atomic E-state index is 13.3. The normalized spacial score (nSPS) is 10.6. The molecule has 0 fully saturated rings. The topological polar surface area (TPSA) is 51.9 Å². The molecule has 1 aromatic heterocycles. The van der Waals surface area contributed by atoms with E-state index in [2.05, 4.69) is 0 Å². The van der Waals surface area contributed by atoms with Crippen molar-refractivity contribution in [1.82, 2.24) is 4.90 Å². The molecule has 1 heterocycles. The van der Waals surface area contributed by atoms with Gasteiger partial charge < -0.3 is 18.8 Å². The lowest BCUT2D eigenvalue weighted by Gasteiger charge is -2.23. The Morgan fingerprint density at radius 1 is 0.879 bits per heavy atom. The van der Waals surface area contributed by atoms with E-state index in [4.69, 9.17) is 13.9 Å². The second-order valence-electron chi connectivity index (χ2n) is 7.51. The van der Waals surface area contributed by atoms with Crippen LogP contribution in [0.5, 0.6) is 11.5 Å². The third-order valence-electron chi connectivity index (χ3n) is 5.14. The highest BCUT2D eigenvalue weighted by Crippen LogP contribution is 2.30. The smallest absolute Gasteiger partial charge is 0.254 e. The molecule has 0 radical (unpaired) electrons. The Bertz CT molecular complexity index is 1170. The molecular formula is C27H24FNO4. The Morgan fingerprint density at radius 3 is 2.36 bits per heavy atom. The van der Waals surface area contributed by atoms with Crippen LogP contribution in [0.4, 0.5) is 4.39 Å². The molecule has 0 saturated carbocycles. The van der Waals surface area contributed by atoms with Crippen LogP contribution in [0.1, 0.15) is 27.2 Å². The van der Waals surface area contributed by atoms with E-state index in [1.54, 1.807) is 24.3 Å². The van der Waals surface area contributed by atoms with Gasteiger partial charge in [-0.2, -0.15) is 0 Å². The van der Waals surface area contributed by atoms with Crippen LogP contribution in [0.15, 0.2) is 95.6 Å². The Hall–Kier alpha value is -4.06. The number of furan rings is 1. The summed E-state index contributed by atoms with van der Waals surface area (Å²) in [5, 5.41) is 0. The molecule has 4 aromatic rings. The van der Waals surface area contributed by atoms with Gasteiger partial charge in [-0.3, -0.25) is 4.79 Å². The summed E-state index contributed by atoms with van der Waals surface area (Å²) >= 11 is 0. The molecule has 0 atom stereocenters. The van der Waals surface area contributed by atoms with Crippen LogP contribution in [0, 0.1) is 5.82 Å². The molecule has 0 N–H and O–H groups in total. The van der Waals surface area contributed by atoms with Crippen LogP contribution < -0.4 is 9.47 Å². The van der Waals surface area contributed by atoms with Crippen LogP contribution in [0.2, 0.25) is 0 Å². The van der Waals surface area contributed by atoms with Crippen molar-refractivity contribution >= 4 is 5.91 Å². The summed E-state index contributed by atoms with van der Waals surface area (Å²) in [6.45, 7) is 1.01. The number of ether oxygens (including phenoxy) is 2. The lowest BCUT2D eigenvalue weighted by Crippen LogP contribution is -2.30. The lowest BCUT2D eigenvalue weighted by molar-refractivity contribution is 0.0717. The molecule has 33 heavy (non-hydrogen) atoms. The first-order valence-electron chi connectivity index (χ1n) is 10.5.